The van der Waals surface area contributed by atoms with Crippen molar-refractivity contribution in [2.75, 3.05) is 18.5 Å². The van der Waals surface area contributed by atoms with Crippen molar-refractivity contribution in [3.8, 4) is 0 Å². The van der Waals surface area contributed by atoms with Crippen LogP contribution in [-0.4, -0.2) is 23.8 Å². The molecule has 78 valence electrons. The van der Waals surface area contributed by atoms with Gasteiger partial charge in [-0.1, -0.05) is 13.3 Å². The van der Waals surface area contributed by atoms with Crippen LogP contribution in [0, 0.1) is 0 Å². The van der Waals surface area contributed by atoms with Crippen molar-refractivity contribution in [2.45, 2.75) is 26.3 Å². The van der Waals surface area contributed by atoms with Gasteiger partial charge in [-0.25, -0.2) is 0 Å². The number of hydrogen-bond acceptors (Lipinski definition) is 4. The number of aromatic nitrogens is 2. The zero-order valence-corrected chi connectivity index (χ0v) is 8.90. The number of unbranched alkanes of at least 4 members (excludes halogenated alkanes) is 1. The van der Waals surface area contributed by atoms with Crippen LogP contribution in [0.4, 0.5) is 5.82 Å². The molecule has 1 aromatic rings. The molecule has 0 aromatic carbocycles. The Bertz CT molecular complexity index is 275. The highest BCUT2D eigenvalue weighted by Crippen LogP contribution is 2.14. The molecule has 14 heavy (non-hydrogen) atoms. The number of anilines is 1. The lowest BCUT2D eigenvalue weighted by Crippen LogP contribution is -2.22. The summed E-state index contributed by atoms with van der Waals surface area (Å²) < 4.78 is 0. The van der Waals surface area contributed by atoms with Crippen molar-refractivity contribution in [1.82, 2.24) is 10.2 Å². The van der Waals surface area contributed by atoms with Crippen molar-refractivity contribution in [3.63, 3.8) is 0 Å². The highest BCUT2D eigenvalue weighted by molar-refractivity contribution is 5.44. The van der Waals surface area contributed by atoms with Crippen molar-refractivity contribution in [2.24, 2.45) is 5.73 Å². The lowest BCUT2D eigenvalue weighted by atomic mass is 10.2. The fourth-order valence-electron chi connectivity index (χ4n) is 1.33. The third-order valence-electron chi connectivity index (χ3n) is 2.21. The molecule has 0 saturated heterocycles. The van der Waals surface area contributed by atoms with Gasteiger partial charge in [-0.15, -0.1) is 5.10 Å². The lowest BCUT2D eigenvalue weighted by molar-refractivity contribution is 0.747. The van der Waals surface area contributed by atoms with E-state index in [2.05, 4.69) is 22.0 Å². The normalized spacial score (nSPS) is 10.2. The Hall–Kier alpha value is -1.16. The summed E-state index contributed by atoms with van der Waals surface area (Å²) in [5.74, 6) is 0.906. The van der Waals surface area contributed by atoms with Gasteiger partial charge < -0.3 is 10.6 Å². The first kappa shape index (κ1) is 10.9. The van der Waals surface area contributed by atoms with E-state index >= 15 is 0 Å². The minimum absolute atomic E-state index is 0.515. The molecule has 4 heteroatoms. The van der Waals surface area contributed by atoms with Gasteiger partial charge in [-0.3, -0.25) is 0 Å². The van der Waals surface area contributed by atoms with Gasteiger partial charge in [0.15, 0.2) is 5.82 Å². The minimum atomic E-state index is 0.515. The molecule has 0 aliphatic heterocycles. The Morgan fingerprint density at radius 2 is 2.29 bits per heavy atom. The zero-order valence-electron chi connectivity index (χ0n) is 8.90. The van der Waals surface area contributed by atoms with E-state index in [0.29, 0.717) is 6.54 Å². The van der Waals surface area contributed by atoms with E-state index in [-0.39, 0.29) is 0 Å². The fourth-order valence-corrected chi connectivity index (χ4v) is 1.33. The molecule has 1 aromatic heterocycles. The summed E-state index contributed by atoms with van der Waals surface area (Å²) in [4.78, 5) is 2.11. The molecular formula is C10H18N4. The van der Waals surface area contributed by atoms with Crippen LogP contribution < -0.4 is 10.6 Å². The van der Waals surface area contributed by atoms with E-state index in [1.165, 1.54) is 6.42 Å². The monoisotopic (exact) mass is 194 g/mol. The number of rotatable bonds is 5. The highest BCUT2D eigenvalue weighted by Gasteiger charge is 2.06. The van der Waals surface area contributed by atoms with Crippen LogP contribution in [0.25, 0.3) is 0 Å². The maximum Gasteiger partial charge on any atom is 0.155 e. The van der Waals surface area contributed by atoms with Gasteiger partial charge in [-0.2, -0.15) is 5.10 Å². The fraction of sp³-hybridized carbons (Fsp3) is 0.600. The van der Waals surface area contributed by atoms with Gasteiger partial charge in [0.25, 0.3) is 0 Å². The van der Waals surface area contributed by atoms with E-state index in [9.17, 15) is 0 Å². The molecule has 0 radical (unpaired) electrons. The van der Waals surface area contributed by atoms with Gasteiger partial charge >= 0.3 is 0 Å². The van der Waals surface area contributed by atoms with Crippen molar-refractivity contribution in [1.29, 1.82) is 0 Å². The SMILES string of the molecule is CCCCN(C)c1nnccc1CN. The van der Waals surface area contributed by atoms with Gasteiger partial charge in [-0.05, 0) is 12.5 Å². The Labute approximate surface area is 85.1 Å². The molecule has 0 bridgehead atoms. The summed E-state index contributed by atoms with van der Waals surface area (Å²) in [5, 5.41) is 7.97. The van der Waals surface area contributed by atoms with Crippen LogP contribution in [-0.2, 0) is 6.54 Å². The van der Waals surface area contributed by atoms with Crippen LogP contribution >= 0.6 is 0 Å². The number of hydrogen-bond donors (Lipinski definition) is 1. The summed E-state index contributed by atoms with van der Waals surface area (Å²) in [7, 11) is 2.03. The molecule has 0 saturated carbocycles. The molecule has 2 N–H and O–H groups in total. The highest BCUT2D eigenvalue weighted by atomic mass is 15.2. The summed E-state index contributed by atoms with van der Waals surface area (Å²) in [6.07, 6.45) is 4.03. The second-order valence-corrected chi connectivity index (χ2v) is 3.36. The maximum atomic E-state index is 5.62. The molecule has 1 rings (SSSR count). The van der Waals surface area contributed by atoms with Crippen LogP contribution in [0.15, 0.2) is 12.3 Å². The predicted octanol–water partition coefficient (Wildman–Crippen LogP) is 1.17. The topological polar surface area (TPSA) is 55.0 Å². The van der Waals surface area contributed by atoms with Crippen molar-refractivity contribution >= 4 is 5.82 Å². The lowest BCUT2D eigenvalue weighted by Gasteiger charge is -2.19. The molecule has 0 spiro atoms. The Morgan fingerprint density at radius 3 is 2.93 bits per heavy atom. The second-order valence-electron chi connectivity index (χ2n) is 3.36. The Balaban J connectivity index is 2.72. The molecule has 4 nitrogen and oxygen atoms in total. The molecule has 0 amide bonds. The Morgan fingerprint density at radius 1 is 1.50 bits per heavy atom. The minimum Gasteiger partial charge on any atom is -0.358 e. The van der Waals surface area contributed by atoms with Crippen LogP contribution in [0.3, 0.4) is 0 Å². The van der Waals surface area contributed by atoms with Gasteiger partial charge in [0.05, 0.1) is 6.20 Å². The van der Waals surface area contributed by atoms with Crippen molar-refractivity contribution < 1.29 is 0 Å². The molecule has 0 aliphatic rings. The quantitative estimate of drug-likeness (QED) is 0.764. The van der Waals surface area contributed by atoms with E-state index in [0.717, 1.165) is 24.3 Å². The molecular weight excluding hydrogens is 176 g/mol. The average molecular weight is 194 g/mol. The summed E-state index contributed by atoms with van der Waals surface area (Å²) >= 11 is 0. The van der Waals surface area contributed by atoms with E-state index in [1.54, 1.807) is 6.20 Å². The summed E-state index contributed by atoms with van der Waals surface area (Å²) in [6.45, 7) is 3.69. The number of nitrogens with zero attached hydrogens (tertiary/aromatic N) is 3. The third kappa shape index (κ3) is 2.67. The third-order valence-corrected chi connectivity index (χ3v) is 2.21. The van der Waals surface area contributed by atoms with E-state index < -0.39 is 0 Å². The first-order valence-electron chi connectivity index (χ1n) is 5.01. The first-order valence-corrected chi connectivity index (χ1v) is 5.01. The standard InChI is InChI=1S/C10H18N4/c1-3-4-7-14(2)10-9(8-11)5-6-12-13-10/h5-6H,3-4,7-8,11H2,1-2H3. The van der Waals surface area contributed by atoms with Crippen LogP contribution in [0.5, 0.6) is 0 Å². The Kier molecular flexibility index (Phi) is 4.32. The predicted molar refractivity (Wildman–Crippen MR) is 58.1 cm³/mol. The van der Waals surface area contributed by atoms with Crippen LogP contribution in [0.1, 0.15) is 25.3 Å². The molecule has 0 unspecified atom stereocenters. The number of nitrogens with two attached hydrogens (primary N) is 1. The van der Waals surface area contributed by atoms with Crippen LogP contribution in [0.2, 0.25) is 0 Å². The molecule has 0 atom stereocenters. The molecule has 0 aliphatic carbocycles. The molecule has 1 heterocycles. The average Bonchev–Trinajstić information content (AvgIpc) is 2.25. The largest absolute Gasteiger partial charge is 0.358 e. The van der Waals surface area contributed by atoms with Crippen molar-refractivity contribution in [3.05, 3.63) is 17.8 Å². The maximum absolute atomic E-state index is 5.62. The summed E-state index contributed by atoms with van der Waals surface area (Å²) in [6, 6.07) is 1.92. The van der Waals surface area contributed by atoms with Gasteiger partial charge in [0, 0.05) is 25.7 Å². The zero-order chi connectivity index (χ0) is 10.4. The second kappa shape index (κ2) is 5.54. The summed E-state index contributed by atoms with van der Waals surface area (Å²) in [5.41, 5.74) is 6.68. The molecule has 0 fully saturated rings. The van der Waals surface area contributed by atoms with E-state index in [4.69, 9.17) is 5.73 Å². The first-order chi connectivity index (χ1) is 6.79. The van der Waals surface area contributed by atoms with Gasteiger partial charge in [0.1, 0.15) is 0 Å². The van der Waals surface area contributed by atoms with E-state index in [1.807, 2.05) is 13.1 Å². The van der Waals surface area contributed by atoms with Gasteiger partial charge in [0.2, 0.25) is 0 Å². The smallest absolute Gasteiger partial charge is 0.155 e.